The van der Waals surface area contributed by atoms with Crippen LogP contribution >= 0.6 is 11.8 Å². The van der Waals surface area contributed by atoms with Crippen LogP contribution in [-0.4, -0.2) is 25.8 Å². The maximum absolute atomic E-state index is 12.3. The Bertz CT molecular complexity index is 854. The molecule has 1 aliphatic rings. The van der Waals surface area contributed by atoms with Gasteiger partial charge in [-0.1, -0.05) is 18.9 Å². The summed E-state index contributed by atoms with van der Waals surface area (Å²) in [6, 6.07) is 13.9. The molecule has 4 nitrogen and oxygen atoms in total. The van der Waals surface area contributed by atoms with Crippen molar-refractivity contribution >= 4 is 33.2 Å². The van der Waals surface area contributed by atoms with Gasteiger partial charge in [-0.15, -0.1) is 11.8 Å². The van der Waals surface area contributed by atoms with Crippen molar-refractivity contribution in [2.24, 2.45) is 0 Å². The number of anilines is 1. The van der Waals surface area contributed by atoms with E-state index in [1.807, 2.05) is 36.0 Å². The van der Waals surface area contributed by atoms with Gasteiger partial charge < -0.3 is 5.32 Å². The Morgan fingerprint density at radius 2 is 1.76 bits per heavy atom. The molecule has 0 radical (unpaired) electrons. The number of hydrogen-bond acceptors (Lipinski definition) is 4. The summed E-state index contributed by atoms with van der Waals surface area (Å²) in [5.74, 6) is -0.318. The number of nitrogens with one attached hydrogen (secondary N) is 1. The van der Waals surface area contributed by atoms with E-state index in [0.717, 1.165) is 6.26 Å². The fourth-order valence-corrected chi connectivity index (χ4v) is 4.80. The van der Waals surface area contributed by atoms with Crippen LogP contribution in [0.3, 0.4) is 0 Å². The average molecular weight is 376 g/mol. The minimum absolute atomic E-state index is 0.142. The van der Waals surface area contributed by atoms with Crippen LogP contribution in [0.1, 0.15) is 36.0 Å². The third-order valence-electron chi connectivity index (χ3n) is 4.24. The van der Waals surface area contributed by atoms with Crippen LogP contribution in [-0.2, 0) is 9.84 Å². The summed E-state index contributed by atoms with van der Waals surface area (Å²) in [7, 11) is -3.33. The lowest BCUT2D eigenvalue weighted by Crippen LogP contribution is -2.12. The number of amides is 1. The number of thioether (sulfide) groups is 1. The number of benzene rings is 2. The van der Waals surface area contributed by atoms with Gasteiger partial charge in [0.1, 0.15) is 0 Å². The van der Waals surface area contributed by atoms with Crippen molar-refractivity contribution in [3.05, 3.63) is 54.1 Å². The van der Waals surface area contributed by atoms with Crippen molar-refractivity contribution < 1.29 is 13.2 Å². The molecule has 0 spiro atoms. The summed E-state index contributed by atoms with van der Waals surface area (Å²) in [6.45, 7) is 0. The quantitative estimate of drug-likeness (QED) is 0.842. The molecule has 1 fully saturated rings. The predicted octanol–water partition coefficient (Wildman–Crippen LogP) is 4.38. The van der Waals surface area contributed by atoms with Crippen LogP contribution in [0.25, 0.3) is 0 Å². The Kier molecular flexibility index (Phi) is 5.49. The standard InChI is InChI=1S/C19H21NO3S2/c1-25(22,23)18-8-4-5-14(13-18)19(21)20-15-9-11-17(12-10-15)24-16-6-2-3-7-16/h4-5,8-13,16H,2-3,6-7H2,1H3,(H,20,21). The molecular formula is C19H21NO3S2. The summed E-state index contributed by atoms with van der Waals surface area (Å²) in [6.07, 6.45) is 6.32. The number of hydrogen-bond donors (Lipinski definition) is 1. The maximum atomic E-state index is 12.3. The van der Waals surface area contributed by atoms with Gasteiger partial charge in [-0.25, -0.2) is 8.42 Å². The van der Waals surface area contributed by atoms with E-state index in [4.69, 9.17) is 0 Å². The zero-order valence-electron chi connectivity index (χ0n) is 14.1. The lowest BCUT2D eigenvalue weighted by Gasteiger charge is -2.10. The van der Waals surface area contributed by atoms with Crippen molar-refractivity contribution in [3.63, 3.8) is 0 Å². The van der Waals surface area contributed by atoms with Crippen molar-refractivity contribution in [3.8, 4) is 0 Å². The van der Waals surface area contributed by atoms with E-state index in [2.05, 4.69) is 5.32 Å². The van der Waals surface area contributed by atoms with Crippen LogP contribution in [0.4, 0.5) is 5.69 Å². The van der Waals surface area contributed by atoms with E-state index in [9.17, 15) is 13.2 Å². The molecule has 0 aromatic heterocycles. The second-order valence-corrected chi connectivity index (χ2v) is 9.69. The Balaban J connectivity index is 1.66. The van der Waals surface area contributed by atoms with Crippen molar-refractivity contribution in [2.45, 2.75) is 40.7 Å². The molecule has 1 aliphatic carbocycles. The summed E-state index contributed by atoms with van der Waals surface area (Å²) < 4.78 is 23.2. The molecule has 1 N–H and O–H groups in total. The monoisotopic (exact) mass is 375 g/mol. The molecule has 6 heteroatoms. The lowest BCUT2D eigenvalue weighted by molar-refractivity contribution is 0.102. The molecular weight excluding hydrogens is 354 g/mol. The summed E-state index contributed by atoms with van der Waals surface area (Å²) in [5, 5.41) is 3.52. The van der Waals surface area contributed by atoms with E-state index in [1.54, 1.807) is 12.1 Å². The molecule has 0 heterocycles. The molecule has 25 heavy (non-hydrogen) atoms. The summed E-state index contributed by atoms with van der Waals surface area (Å²) in [4.78, 5) is 13.7. The van der Waals surface area contributed by atoms with Gasteiger partial charge in [0.05, 0.1) is 4.90 Å². The van der Waals surface area contributed by atoms with Crippen LogP contribution in [0.5, 0.6) is 0 Å². The second kappa shape index (κ2) is 7.62. The molecule has 2 aromatic rings. The molecule has 2 aromatic carbocycles. The summed E-state index contributed by atoms with van der Waals surface area (Å²) in [5.41, 5.74) is 1.03. The lowest BCUT2D eigenvalue weighted by atomic mass is 10.2. The second-order valence-electron chi connectivity index (χ2n) is 6.30. The zero-order valence-corrected chi connectivity index (χ0v) is 15.7. The van der Waals surface area contributed by atoms with Gasteiger partial charge in [-0.3, -0.25) is 4.79 Å². The average Bonchev–Trinajstić information content (AvgIpc) is 3.09. The van der Waals surface area contributed by atoms with Crippen molar-refractivity contribution in [2.75, 3.05) is 11.6 Å². The van der Waals surface area contributed by atoms with Crippen LogP contribution in [0.2, 0.25) is 0 Å². The topological polar surface area (TPSA) is 63.2 Å². The SMILES string of the molecule is CS(=O)(=O)c1cccc(C(=O)Nc2ccc(SC3CCCC3)cc2)c1. The first-order valence-corrected chi connectivity index (χ1v) is 11.1. The molecule has 0 saturated heterocycles. The third kappa shape index (κ3) is 4.86. The van der Waals surface area contributed by atoms with Crippen LogP contribution in [0.15, 0.2) is 58.3 Å². The van der Waals surface area contributed by atoms with Crippen molar-refractivity contribution in [1.82, 2.24) is 0 Å². The smallest absolute Gasteiger partial charge is 0.255 e. The first-order valence-electron chi connectivity index (χ1n) is 8.30. The van der Waals surface area contributed by atoms with E-state index in [0.29, 0.717) is 16.5 Å². The Morgan fingerprint density at radius 1 is 1.08 bits per heavy atom. The van der Waals surface area contributed by atoms with Gasteiger partial charge in [-0.2, -0.15) is 0 Å². The van der Waals surface area contributed by atoms with E-state index < -0.39 is 9.84 Å². The number of rotatable bonds is 5. The first kappa shape index (κ1) is 18.0. The third-order valence-corrected chi connectivity index (χ3v) is 6.70. The minimum Gasteiger partial charge on any atom is -0.322 e. The van der Waals surface area contributed by atoms with E-state index in [1.165, 1.54) is 42.7 Å². The Labute approximate surface area is 152 Å². The number of carbonyl (C=O) groups excluding carboxylic acids is 1. The van der Waals surface area contributed by atoms with Gasteiger partial charge in [0.2, 0.25) is 0 Å². The largest absolute Gasteiger partial charge is 0.322 e. The minimum atomic E-state index is -3.33. The highest BCUT2D eigenvalue weighted by molar-refractivity contribution is 8.00. The molecule has 0 unspecified atom stereocenters. The van der Waals surface area contributed by atoms with Gasteiger partial charge in [0, 0.05) is 27.7 Å². The van der Waals surface area contributed by atoms with Crippen molar-refractivity contribution in [1.29, 1.82) is 0 Å². The molecule has 0 bridgehead atoms. The molecule has 0 atom stereocenters. The molecule has 132 valence electrons. The molecule has 1 amide bonds. The fraction of sp³-hybridized carbons (Fsp3) is 0.316. The number of carbonyl (C=O) groups is 1. The fourth-order valence-electron chi connectivity index (χ4n) is 2.89. The highest BCUT2D eigenvalue weighted by atomic mass is 32.2. The first-order chi connectivity index (χ1) is 11.9. The Hall–Kier alpha value is -1.79. The molecule has 0 aliphatic heterocycles. The highest BCUT2D eigenvalue weighted by Crippen LogP contribution is 2.35. The van der Waals surface area contributed by atoms with Crippen LogP contribution < -0.4 is 5.32 Å². The maximum Gasteiger partial charge on any atom is 0.255 e. The normalized spacial score (nSPS) is 15.2. The molecule has 3 rings (SSSR count). The summed E-state index contributed by atoms with van der Waals surface area (Å²) >= 11 is 1.90. The van der Waals surface area contributed by atoms with Gasteiger partial charge in [0.15, 0.2) is 9.84 Å². The van der Waals surface area contributed by atoms with E-state index >= 15 is 0 Å². The molecule has 1 saturated carbocycles. The van der Waals surface area contributed by atoms with E-state index in [-0.39, 0.29) is 10.8 Å². The highest BCUT2D eigenvalue weighted by Gasteiger charge is 2.16. The van der Waals surface area contributed by atoms with Gasteiger partial charge in [-0.05, 0) is 55.3 Å². The number of sulfone groups is 1. The van der Waals surface area contributed by atoms with Gasteiger partial charge >= 0.3 is 0 Å². The van der Waals surface area contributed by atoms with Crippen LogP contribution in [0, 0.1) is 0 Å². The predicted molar refractivity (Wildman–Crippen MR) is 102 cm³/mol. The van der Waals surface area contributed by atoms with Gasteiger partial charge in [0.25, 0.3) is 5.91 Å². The zero-order chi connectivity index (χ0) is 17.9. The Morgan fingerprint density at radius 3 is 2.40 bits per heavy atom.